The largest absolute Gasteiger partial charge is 0.390 e. The van der Waals surface area contributed by atoms with Gasteiger partial charge in [-0.2, -0.15) is 0 Å². The second kappa shape index (κ2) is 4.94. The monoisotopic (exact) mass is 286 g/mol. The molecule has 0 saturated heterocycles. The van der Waals surface area contributed by atoms with Gasteiger partial charge in [-0.3, -0.25) is 4.79 Å². The van der Waals surface area contributed by atoms with E-state index in [0.717, 1.165) is 41.2 Å². The lowest BCUT2D eigenvalue weighted by Crippen LogP contribution is -2.25. The maximum absolute atomic E-state index is 11.6. The number of carbonyl (C=O) groups is 1. The lowest BCUT2D eigenvalue weighted by Gasteiger charge is -2.14. The fraction of sp³-hybridized carbons (Fsp3) is 0.312. The van der Waals surface area contributed by atoms with Crippen molar-refractivity contribution in [3.8, 4) is 11.1 Å². The van der Waals surface area contributed by atoms with Crippen LogP contribution in [0.3, 0.4) is 0 Å². The Bertz CT molecular complexity index is 675. The van der Waals surface area contributed by atoms with Crippen LogP contribution in [0.5, 0.6) is 0 Å². The smallest absolute Gasteiger partial charge is 0.223 e. The molecule has 0 atom stereocenters. The molecule has 1 amide bonds. The molecule has 1 aliphatic rings. The Kier molecular flexibility index (Phi) is 3.26. The summed E-state index contributed by atoms with van der Waals surface area (Å²) >= 11 is 1.66. The topological polar surface area (TPSA) is 46.3 Å². The van der Waals surface area contributed by atoms with Crippen molar-refractivity contribution in [1.29, 1.82) is 0 Å². The predicted octanol–water partition coefficient (Wildman–Crippen LogP) is 3.47. The molecule has 3 rings (SSSR count). The van der Waals surface area contributed by atoms with E-state index in [1.54, 1.807) is 18.3 Å². The van der Waals surface area contributed by atoms with Crippen LogP contribution in [-0.4, -0.2) is 12.5 Å². The van der Waals surface area contributed by atoms with E-state index in [9.17, 15) is 4.79 Å². The van der Waals surface area contributed by atoms with Gasteiger partial charge in [-0.15, -0.1) is 11.3 Å². The van der Waals surface area contributed by atoms with Crippen LogP contribution in [0.4, 0.5) is 10.7 Å². The third-order valence-corrected chi connectivity index (χ3v) is 4.93. The van der Waals surface area contributed by atoms with Gasteiger partial charge in [-0.05, 0) is 42.2 Å². The zero-order valence-corrected chi connectivity index (χ0v) is 12.6. The maximum atomic E-state index is 11.6. The summed E-state index contributed by atoms with van der Waals surface area (Å²) in [5.74, 6) is 0.111. The zero-order chi connectivity index (χ0) is 14.3. The first-order chi connectivity index (χ1) is 9.60. The van der Waals surface area contributed by atoms with Crippen molar-refractivity contribution in [3.05, 3.63) is 34.7 Å². The van der Waals surface area contributed by atoms with Crippen molar-refractivity contribution < 1.29 is 4.79 Å². The van der Waals surface area contributed by atoms with Crippen LogP contribution in [-0.2, 0) is 17.6 Å². The van der Waals surface area contributed by atoms with Crippen molar-refractivity contribution in [2.75, 3.05) is 17.2 Å². The summed E-state index contributed by atoms with van der Waals surface area (Å²) in [5.41, 5.74) is 10.7. The molecular weight excluding hydrogens is 268 g/mol. The average molecular weight is 286 g/mol. The standard InChI is InChI=1S/C16H18N2OS/c1-3-13-9-14(16(17)20-13)11-4-5-15-12(8-11)6-7-18(15)10(2)19/h4-5,8-9H,3,6-7,17H2,1-2H3. The third-order valence-electron chi connectivity index (χ3n) is 3.83. The molecule has 4 heteroatoms. The quantitative estimate of drug-likeness (QED) is 0.919. The molecule has 1 aliphatic heterocycles. The normalized spacial score (nSPS) is 13.6. The molecule has 0 spiro atoms. The van der Waals surface area contributed by atoms with E-state index in [4.69, 9.17) is 5.73 Å². The predicted molar refractivity (Wildman–Crippen MR) is 85.3 cm³/mol. The molecule has 0 saturated carbocycles. The van der Waals surface area contributed by atoms with Gasteiger partial charge in [-0.1, -0.05) is 13.0 Å². The number of benzene rings is 1. The Hall–Kier alpha value is -1.81. The van der Waals surface area contributed by atoms with E-state index in [0.29, 0.717) is 0 Å². The highest BCUT2D eigenvalue weighted by Gasteiger charge is 2.22. The summed E-state index contributed by atoms with van der Waals surface area (Å²) < 4.78 is 0. The first-order valence-electron chi connectivity index (χ1n) is 6.89. The molecule has 1 aromatic carbocycles. The fourth-order valence-corrected chi connectivity index (χ4v) is 3.64. The molecule has 1 aromatic heterocycles. The first kappa shape index (κ1) is 13.2. The fourth-order valence-electron chi connectivity index (χ4n) is 2.75. The first-order valence-corrected chi connectivity index (χ1v) is 7.71. The molecule has 0 bridgehead atoms. The van der Waals surface area contributed by atoms with Crippen molar-refractivity contribution in [2.24, 2.45) is 0 Å². The summed E-state index contributed by atoms with van der Waals surface area (Å²) in [6, 6.07) is 8.47. The second-order valence-corrected chi connectivity index (χ2v) is 6.28. The summed E-state index contributed by atoms with van der Waals surface area (Å²) in [4.78, 5) is 14.7. The Morgan fingerprint density at radius 3 is 2.85 bits per heavy atom. The number of anilines is 2. The molecule has 2 N–H and O–H groups in total. The average Bonchev–Trinajstić information content (AvgIpc) is 3.01. The van der Waals surface area contributed by atoms with Crippen LogP contribution in [0.2, 0.25) is 0 Å². The third kappa shape index (κ3) is 2.10. The highest BCUT2D eigenvalue weighted by Crippen LogP contribution is 2.37. The summed E-state index contributed by atoms with van der Waals surface area (Å²) in [6.45, 7) is 4.54. The van der Waals surface area contributed by atoms with E-state index in [1.165, 1.54) is 10.4 Å². The van der Waals surface area contributed by atoms with Gasteiger partial charge in [0, 0.05) is 29.6 Å². The molecule has 0 fully saturated rings. The van der Waals surface area contributed by atoms with Crippen molar-refractivity contribution in [1.82, 2.24) is 0 Å². The van der Waals surface area contributed by atoms with Gasteiger partial charge in [0.05, 0.1) is 5.00 Å². The van der Waals surface area contributed by atoms with E-state index in [2.05, 4.69) is 25.1 Å². The number of amides is 1. The van der Waals surface area contributed by atoms with E-state index < -0.39 is 0 Å². The van der Waals surface area contributed by atoms with E-state index in [1.807, 2.05) is 11.0 Å². The SMILES string of the molecule is CCc1cc(-c2ccc3c(c2)CCN3C(C)=O)c(N)s1. The summed E-state index contributed by atoms with van der Waals surface area (Å²) in [6.07, 6.45) is 1.94. The molecule has 2 aromatic rings. The second-order valence-electron chi connectivity index (χ2n) is 5.11. The minimum Gasteiger partial charge on any atom is -0.390 e. The minimum absolute atomic E-state index is 0.111. The highest BCUT2D eigenvalue weighted by molar-refractivity contribution is 7.16. The lowest BCUT2D eigenvalue weighted by atomic mass is 10.0. The number of hydrogen-bond donors (Lipinski definition) is 1. The number of fused-ring (bicyclic) bond motifs is 1. The van der Waals surface area contributed by atoms with Gasteiger partial charge in [-0.25, -0.2) is 0 Å². The van der Waals surface area contributed by atoms with Crippen molar-refractivity contribution in [3.63, 3.8) is 0 Å². The number of hydrogen-bond acceptors (Lipinski definition) is 3. The zero-order valence-electron chi connectivity index (χ0n) is 11.8. The number of carbonyl (C=O) groups excluding carboxylic acids is 1. The number of nitrogens with zero attached hydrogens (tertiary/aromatic N) is 1. The molecule has 104 valence electrons. The number of nitrogens with two attached hydrogens (primary N) is 1. The van der Waals surface area contributed by atoms with Gasteiger partial charge >= 0.3 is 0 Å². The Morgan fingerprint density at radius 2 is 2.20 bits per heavy atom. The summed E-state index contributed by atoms with van der Waals surface area (Å²) in [7, 11) is 0. The van der Waals surface area contributed by atoms with E-state index >= 15 is 0 Å². The summed E-state index contributed by atoms with van der Waals surface area (Å²) in [5, 5.41) is 0.878. The minimum atomic E-state index is 0.111. The Balaban J connectivity index is 2.01. The van der Waals surface area contributed by atoms with Crippen LogP contribution in [0.25, 0.3) is 11.1 Å². The molecule has 20 heavy (non-hydrogen) atoms. The van der Waals surface area contributed by atoms with Crippen LogP contribution < -0.4 is 10.6 Å². The van der Waals surface area contributed by atoms with Gasteiger partial charge < -0.3 is 10.6 Å². The molecule has 0 unspecified atom stereocenters. The number of thiophene rings is 1. The molecule has 3 nitrogen and oxygen atoms in total. The maximum Gasteiger partial charge on any atom is 0.223 e. The Labute approximate surface area is 123 Å². The van der Waals surface area contributed by atoms with E-state index in [-0.39, 0.29) is 5.91 Å². The molecule has 0 radical (unpaired) electrons. The lowest BCUT2D eigenvalue weighted by molar-refractivity contribution is -0.116. The Morgan fingerprint density at radius 1 is 1.40 bits per heavy atom. The molecular formula is C16H18N2OS. The van der Waals surface area contributed by atoms with Gasteiger partial charge in [0.25, 0.3) is 0 Å². The van der Waals surface area contributed by atoms with Crippen LogP contribution in [0.1, 0.15) is 24.3 Å². The number of aryl methyl sites for hydroxylation is 1. The van der Waals surface area contributed by atoms with Crippen LogP contribution in [0.15, 0.2) is 24.3 Å². The van der Waals surface area contributed by atoms with Crippen molar-refractivity contribution in [2.45, 2.75) is 26.7 Å². The number of nitrogen functional groups attached to an aromatic ring is 1. The van der Waals surface area contributed by atoms with Crippen LogP contribution >= 0.6 is 11.3 Å². The van der Waals surface area contributed by atoms with Gasteiger partial charge in [0.1, 0.15) is 0 Å². The van der Waals surface area contributed by atoms with Gasteiger partial charge in [0.15, 0.2) is 0 Å². The highest BCUT2D eigenvalue weighted by atomic mass is 32.1. The van der Waals surface area contributed by atoms with Crippen molar-refractivity contribution >= 4 is 27.9 Å². The molecule has 2 heterocycles. The van der Waals surface area contributed by atoms with Crippen LogP contribution in [0, 0.1) is 0 Å². The number of rotatable bonds is 2. The molecule has 0 aliphatic carbocycles. The van der Waals surface area contributed by atoms with Gasteiger partial charge in [0.2, 0.25) is 5.91 Å².